The molecule has 98 valence electrons. The molecule has 0 saturated heterocycles. The number of rotatable bonds is 5. The van der Waals surface area contributed by atoms with Crippen LogP contribution in [0.2, 0.25) is 0 Å². The van der Waals surface area contributed by atoms with Crippen molar-refractivity contribution in [1.82, 2.24) is 15.0 Å². The van der Waals surface area contributed by atoms with Crippen molar-refractivity contribution in [2.45, 2.75) is 32.4 Å². The zero-order valence-corrected chi connectivity index (χ0v) is 10.9. The predicted molar refractivity (Wildman–Crippen MR) is 75.0 cm³/mol. The number of nitrogens with one attached hydrogen (secondary N) is 2. The van der Waals surface area contributed by atoms with E-state index in [1.54, 1.807) is 6.20 Å². The normalized spacial score (nSPS) is 14.2. The van der Waals surface area contributed by atoms with Gasteiger partial charge in [0.1, 0.15) is 17.5 Å². The fourth-order valence-corrected chi connectivity index (χ4v) is 1.85. The first-order valence-corrected chi connectivity index (χ1v) is 6.55. The molecule has 1 saturated carbocycles. The second-order valence-electron chi connectivity index (χ2n) is 4.78. The van der Waals surface area contributed by atoms with Crippen molar-refractivity contribution in [3.05, 3.63) is 42.0 Å². The van der Waals surface area contributed by atoms with Crippen LogP contribution in [0, 0.1) is 6.92 Å². The molecule has 3 rings (SSSR count). The zero-order valence-electron chi connectivity index (χ0n) is 10.9. The van der Waals surface area contributed by atoms with Crippen molar-refractivity contribution in [1.29, 1.82) is 0 Å². The highest BCUT2D eigenvalue weighted by Crippen LogP contribution is 2.24. The Labute approximate surface area is 112 Å². The first-order valence-electron chi connectivity index (χ1n) is 6.55. The summed E-state index contributed by atoms with van der Waals surface area (Å²) in [4.78, 5) is 13.1. The van der Waals surface area contributed by atoms with E-state index in [9.17, 15) is 0 Å². The van der Waals surface area contributed by atoms with Gasteiger partial charge in [0, 0.05) is 18.3 Å². The summed E-state index contributed by atoms with van der Waals surface area (Å²) in [5, 5.41) is 6.67. The van der Waals surface area contributed by atoms with Gasteiger partial charge in [0.2, 0.25) is 0 Å². The van der Waals surface area contributed by atoms with Crippen molar-refractivity contribution < 1.29 is 0 Å². The number of aromatic nitrogens is 3. The molecule has 1 aliphatic rings. The summed E-state index contributed by atoms with van der Waals surface area (Å²) < 4.78 is 0. The summed E-state index contributed by atoms with van der Waals surface area (Å²) in [6.45, 7) is 2.57. The summed E-state index contributed by atoms with van der Waals surface area (Å²) in [6.07, 6.45) is 4.27. The van der Waals surface area contributed by atoms with Crippen LogP contribution in [0.25, 0.3) is 0 Å². The first-order chi connectivity index (χ1) is 9.29. The Bertz CT molecular complexity index is 551. The van der Waals surface area contributed by atoms with Crippen molar-refractivity contribution >= 4 is 11.6 Å². The summed E-state index contributed by atoms with van der Waals surface area (Å²) >= 11 is 0. The molecule has 1 fully saturated rings. The maximum absolute atomic E-state index is 4.39. The summed E-state index contributed by atoms with van der Waals surface area (Å²) in [7, 11) is 0. The Morgan fingerprint density at radius 1 is 1.21 bits per heavy atom. The van der Waals surface area contributed by atoms with E-state index in [1.807, 2.05) is 31.2 Å². The zero-order chi connectivity index (χ0) is 13.1. The smallest absolute Gasteiger partial charge is 0.132 e. The van der Waals surface area contributed by atoms with Crippen LogP contribution in [0.4, 0.5) is 11.6 Å². The lowest BCUT2D eigenvalue weighted by molar-refractivity contribution is 0.985. The van der Waals surface area contributed by atoms with Crippen LogP contribution in [0.5, 0.6) is 0 Å². The topological polar surface area (TPSA) is 62.7 Å². The summed E-state index contributed by atoms with van der Waals surface area (Å²) in [6, 6.07) is 8.43. The standard InChI is InChI=1S/C14H17N5/c1-10-17-13(8-14(18-10)19-11-5-6-11)16-9-12-4-2-3-7-15-12/h2-4,7-8,11H,5-6,9H2,1H3,(H2,16,17,18,19). The molecule has 0 aliphatic heterocycles. The van der Waals surface area contributed by atoms with E-state index < -0.39 is 0 Å². The first kappa shape index (κ1) is 11.9. The highest BCUT2D eigenvalue weighted by atomic mass is 15.1. The van der Waals surface area contributed by atoms with E-state index in [0.717, 1.165) is 23.2 Å². The maximum atomic E-state index is 4.39. The molecule has 2 heterocycles. The third-order valence-electron chi connectivity index (χ3n) is 2.94. The van der Waals surface area contributed by atoms with Gasteiger partial charge in [-0.2, -0.15) is 0 Å². The molecule has 0 spiro atoms. The Hall–Kier alpha value is -2.17. The molecular weight excluding hydrogens is 238 g/mol. The number of anilines is 2. The molecule has 19 heavy (non-hydrogen) atoms. The van der Waals surface area contributed by atoms with Crippen LogP contribution in [0.1, 0.15) is 24.4 Å². The van der Waals surface area contributed by atoms with Gasteiger partial charge in [0.25, 0.3) is 0 Å². The van der Waals surface area contributed by atoms with E-state index in [4.69, 9.17) is 0 Å². The summed E-state index contributed by atoms with van der Waals surface area (Å²) in [5.74, 6) is 2.51. The van der Waals surface area contributed by atoms with Gasteiger partial charge in [-0.05, 0) is 31.9 Å². The molecule has 5 heteroatoms. The Morgan fingerprint density at radius 2 is 2.05 bits per heavy atom. The van der Waals surface area contributed by atoms with Crippen LogP contribution in [-0.2, 0) is 6.54 Å². The second-order valence-corrected chi connectivity index (χ2v) is 4.78. The summed E-state index contributed by atoms with van der Waals surface area (Å²) in [5.41, 5.74) is 0.996. The van der Waals surface area contributed by atoms with Gasteiger partial charge in [-0.25, -0.2) is 9.97 Å². The molecule has 2 N–H and O–H groups in total. The minimum atomic E-state index is 0.595. The molecule has 0 unspecified atom stereocenters. The van der Waals surface area contributed by atoms with E-state index in [2.05, 4.69) is 25.6 Å². The third-order valence-corrected chi connectivity index (χ3v) is 2.94. The molecule has 0 radical (unpaired) electrons. The Kier molecular flexibility index (Phi) is 3.27. The third kappa shape index (κ3) is 3.40. The Morgan fingerprint density at radius 3 is 2.79 bits per heavy atom. The monoisotopic (exact) mass is 255 g/mol. The average molecular weight is 255 g/mol. The van der Waals surface area contributed by atoms with Gasteiger partial charge in [0.05, 0.1) is 12.2 Å². The number of nitrogens with zero attached hydrogens (tertiary/aromatic N) is 3. The maximum Gasteiger partial charge on any atom is 0.132 e. The van der Waals surface area contributed by atoms with Crippen molar-refractivity contribution in [2.75, 3.05) is 10.6 Å². The van der Waals surface area contributed by atoms with Gasteiger partial charge >= 0.3 is 0 Å². The Balaban J connectivity index is 1.67. The molecular formula is C14H17N5. The minimum Gasteiger partial charge on any atom is -0.367 e. The van der Waals surface area contributed by atoms with E-state index in [0.29, 0.717) is 12.6 Å². The van der Waals surface area contributed by atoms with Crippen LogP contribution >= 0.6 is 0 Å². The van der Waals surface area contributed by atoms with Crippen molar-refractivity contribution in [2.24, 2.45) is 0 Å². The minimum absolute atomic E-state index is 0.595. The molecule has 0 amide bonds. The largest absolute Gasteiger partial charge is 0.367 e. The van der Waals surface area contributed by atoms with Gasteiger partial charge in [0.15, 0.2) is 0 Å². The fraction of sp³-hybridized carbons (Fsp3) is 0.357. The lowest BCUT2D eigenvalue weighted by atomic mass is 10.3. The van der Waals surface area contributed by atoms with Crippen LogP contribution in [-0.4, -0.2) is 21.0 Å². The number of hydrogen-bond donors (Lipinski definition) is 2. The van der Waals surface area contributed by atoms with E-state index in [-0.39, 0.29) is 0 Å². The molecule has 2 aromatic heterocycles. The number of hydrogen-bond acceptors (Lipinski definition) is 5. The highest BCUT2D eigenvalue weighted by Gasteiger charge is 2.21. The molecule has 2 aromatic rings. The van der Waals surface area contributed by atoms with Crippen LogP contribution < -0.4 is 10.6 Å². The fourth-order valence-electron chi connectivity index (χ4n) is 1.85. The lowest BCUT2D eigenvalue weighted by Crippen LogP contribution is -2.08. The quantitative estimate of drug-likeness (QED) is 0.858. The lowest BCUT2D eigenvalue weighted by Gasteiger charge is -2.09. The molecule has 0 bridgehead atoms. The van der Waals surface area contributed by atoms with Gasteiger partial charge in [-0.1, -0.05) is 6.07 Å². The highest BCUT2D eigenvalue weighted by molar-refractivity contribution is 5.48. The SMILES string of the molecule is Cc1nc(NCc2ccccn2)cc(NC2CC2)n1. The van der Waals surface area contributed by atoms with E-state index in [1.165, 1.54) is 12.8 Å². The second kappa shape index (κ2) is 5.22. The molecule has 1 aliphatic carbocycles. The number of pyridine rings is 1. The van der Waals surface area contributed by atoms with Crippen molar-refractivity contribution in [3.8, 4) is 0 Å². The molecule has 0 atom stereocenters. The van der Waals surface area contributed by atoms with Gasteiger partial charge in [-0.15, -0.1) is 0 Å². The van der Waals surface area contributed by atoms with Gasteiger partial charge in [-0.3, -0.25) is 4.98 Å². The van der Waals surface area contributed by atoms with Gasteiger partial charge < -0.3 is 10.6 Å². The molecule has 5 nitrogen and oxygen atoms in total. The number of aryl methyl sites for hydroxylation is 1. The molecule has 0 aromatic carbocycles. The average Bonchev–Trinajstić information content (AvgIpc) is 3.21. The van der Waals surface area contributed by atoms with Crippen LogP contribution in [0.15, 0.2) is 30.5 Å². The van der Waals surface area contributed by atoms with E-state index >= 15 is 0 Å². The van der Waals surface area contributed by atoms with Crippen molar-refractivity contribution in [3.63, 3.8) is 0 Å². The van der Waals surface area contributed by atoms with Crippen LogP contribution in [0.3, 0.4) is 0 Å². The predicted octanol–water partition coefficient (Wildman–Crippen LogP) is 2.37.